The van der Waals surface area contributed by atoms with Crippen LogP contribution >= 0.6 is 0 Å². The van der Waals surface area contributed by atoms with Crippen LogP contribution in [0, 0.1) is 0 Å². The maximum atomic E-state index is 10.1. The van der Waals surface area contributed by atoms with Gasteiger partial charge in [-0.05, 0) is 150 Å². The standard InChI is InChI=1S/C41H72N6O.C23H36N6O.C18H36O/c1-5-7-9-10-11-12-13-14-15-16-17-18-19-20-21-24-32-46(34-27-31-45(3)4)33-25-26-35-48-47-38(30-8-6-2)44-39-40(47)36-28-22-23-29-37(36)43-41(39)42;1-4-5-13-20-27-21-22(18-11-6-7-12-19(18)26-23(21)24)29(20)30-17-9-8-14-25-15-10-16-28(2)3;1-2-3-4-5-6-7-8-9-10-11-12-13-14-15-16-17-18-19/h22-23,28-29H,5-21,24-27,30-35H2,1-4H3,(H2,42,43);6-7,11-12,25H,4-5,8-10,13-17H2,1-3H3,(H2,24,26);18H,2-17H2,1H3. The zero-order valence-corrected chi connectivity index (χ0v) is 63.6. The predicted octanol–water partition coefficient (Wildman–Crippen LogP) is 19.9. The van der Waals surface area contributed by atoms with Crippen LogP contribution in [0.3, 0.4) is 0 Å². The highest BCUT2D eigenvalue weighted by Crippen LogP contribution is 2.31. The van der Waals surface area contributed by atoms with Crippen LogP contribution in [-0.2, 0) is 17.6 Å². The molecule has 2 aromatic carbocycles. The van der Waals surface area contributed by atoms with Crippen molar-refractivity contribution >= 4 is 61.8 Å². The number of hydrogen-bond acceptors (Lipinski definition) is 13. The molecular weight excluding hydrogens is 1200 g/mol. The molecule has 6 rings (SSSR count). The molecule has 0 radical (unpaired) electrons. The number of anilines is 2. The van der Waals surface area contributed by atoms with Crippen molar-refractivity contribution in [2.75, 3.05) is 98.7 Å². The number of carbonyl (C=O) groups is 1. The minimum atomic E-state index is 0.464. The van der Waals surface area contributed by atoms with Gasteiger partial charge in [-0.2, -0.15) is 9.46 Å². The van der Waals surface area contributed by atoms with Crippen molar-refractivity contribution in [3.8, 4) is 0 Å². The second kappa shape index (κ2) is 55.7. The summed E-state index contributed by atoms with van der Waals surface area (Å²) in [6.45, 7) is 18.2. The number of imidazole rings is 2. The normalized spacial score (nSPS) is 11.7. The predicted molar refractivity (Wildman–Crippen MR) is 418 cm³/mol. The quantitative estimate of drug-likeness (QED) is 0.0244. The summed E-state index contributed by atoms with van der Waals surface area (Å²) in [5.74, 6) is 2.82. The summed E-state index contributed by atoms with van der Waals surface area (Å²) in [7, 11) is 8.58. The van der Waals surface area contributed by atoms with Gasteiger partial charge in [-0.15, -0.1) is 0 Å². The van der Waals surface area contributed by atoms with Crippen molar-refractivity contribution < 1.29 is 14.5 Å². The number of aldehydes is 1. The summed E-state index contributed by atoms with van der Waals surface area (Å²) >= 11 is 0. The molecule has 0 saturated carbocycles. The average molecular weight is 1350 g/mol. The molecule has 4 heterocycles. The molecule has 0 spiro atoms. The molecule has 0 unspecified atom stereocenters. The average Bonchev–Trinajstić information content (AvgIpc) is 1.72. The Bertz CT molecular complexity index is 2870. The van der Waals surface area contributed by atoms with E-state index in [0.717, 1.165) is 172 Å². The number of aromatic nitrogens is 6. The first-order valence-corrected chi connectivity index (χ1v) is 40.1. The number of aryl methyl sites for hydroxylation is 2. The molecule has 0 aliphatic heterocycles. The van der Waals surface area contributed by atoms with Crippen LogP contribution in [-0.4, -0.2) is 138 Å². The van der Waals surface area contributed by atoms with E-state index in [1.807, 2.05) is 45.9 Å². The lowest BCUT2D eigenvalue weighted by Crippen LogP contribution is -2.30. The van der Waals surface area contributed by atoms with Crippen LogP contribution in [0.4, 0.5) is 11.6 Å². The van der Waals surface area contributed by atoms with E-state index in [0.29, 0.717) is 24.8 Å². The molecule has 5 N–H and O–H groups in total. The van der Waals surface area contributed by atoms with Gasteiger partial charge >= 0.3 is 0 Å². The highest BCUT2D eigenvalue weighted by molar-refractivity contribution is 6.07. The molecule has 15 heteroatoms. The van der Waals surface area contributed by atoms with E-state index >= 15 is 0 Å². The largest absolute Gasteiger partial charge is 0.412 e. The number of para-hydroxylation sites is 2. The maximum absolute atomic E-state index is 10.1. The second-order valence-corrected chi connectivity index (χ2v) is 28.5. The highest BCUT2D eigenvalue weighted by Gasteiger charge is 2.20. The minimum absolute atomic E-state index is 0.464. The molecule has 15 nitrogen and oxygen atoms in total. The van der Waals surface area contributed by atoms with Crippen LogP contribution in [0.2, 0.25) is 0 Å². The van der Waals surface area contributed by atoms with Crippen molar-refractivity contribution in [1.29, 1.82) is 0 Å². The van der Waals surface area contributed by atoms with E-state index in [1.165, 1.54) is 219 Å². The summed E-state index contributed by atoms with van der Waals surface area (Å²) in [6, 6.07) is 16.2. The van der Waals surface area contributed by atoms with Crippen molar-refractivity contribution in [1.82, 2.24) is 49.4 Å². The van der Waals surface area contributed by atoms with Crippen molar-refractivity contribution in [3.63, 3.8) is 0 Å². The fourth-order valence-corrected chi connectivity index (χ4v) is 13.1. The summed E-state index contributed by atoms with van der Waals surface area (Å²) in [4.78, 5) is 48.9. The molecule has 0 fully saturated rings. The zero-order chi connectivity index (χ0) is 69.6. The van der Waals surface area contributed by atoms with Crippen molar-refractivity contribution in [3.05, 3.63) is 60.2 Å². The number of pyridine rings is 2. The number of hydrogen-bond donors (Lipinski definition) is 3. The number of nitrogens with two attached hydrogens (primary N) is 2. The number of benzene rings is 2. The molecule has 6 aromatic rings. The highest BCUT2D eigenvalue weighted by atomic mass is 16.7. The topological polar surface area (TPSA) is 171 Å². The summed E-state index contributed by atoms with van der Waals surface area (Å²) in [6.07, 6.45) is 58.1. The number of carbonyl (C=O) groups excluding carboxylic acids is 1. The Morgan fingerprint density at radius 2 is 0.732 bits per heavy atom. The van der Waals surface area contributed by atoms with Gasteiger partial charge in [0.1, 0.15) is 53.2 Å². The zero-order valence-electron chi connectivity index (χ0n) is 63.6. The van der Waals surface area contributed by atoms with E-state index in [9.17, 15) is 4.79 Å². The number of nitrogen functional groups attached to an aromatic ring is 2. The molecule has 550 valence electrons. The minimum Gasteiger partial charge on any atom is -0.412 e. The van der Waals surface area contributed by atoms with E-state index in [1.54, 1.807) is 0 Å². The second-order valence-electron chi connectivity index (χ2n) is 28.5. The SMILES string of the molecule is CCCCCCCCCCCCCCCCCC=O.CCCCCCCCCCCCCCCCCCN(CCCCOn1c(CCCC)nc2c(N)nc3ccccc3c21)CCCN(C)C.CCCCc1nc2c(N)nc3ccccc3c2n1OCCCCNCCCN(C)C. The fourth-order valence-electron chi connectivity index (χ4n) is 13.1. The molecule has 4 aromatic heterocycles. The first kappa shape index (κ1) is 84.3. The third kappa shape index (κ3) is 36.2. The van der Waals surface area contributed by atoms with Gasteiger partial charge in [-0.25, -0.2) is 19.9 Å². The Labute approximate surface area is 591 Å². The summed E-state index contributed by atoms with van der Waals surface area (Å²) < 4.78 is 3.88. The van der Waals surface area contributed by atoms with E-state index in [2.05, 4.69) is 98.0 Å². The van der Waals surface area contributed by atoms with E-state index in [4.69, 9.17) is 31.1 Å². The van der Waals surface area contributed by atoms with Crippen LogP contribution in [0.25, 0.3) is 43.9 Å². The van der Waals surface area contributed by atoms with Crippen molar-refractivity contribution in [2.24, 2.45) is 0 Å². The van der Waals surface area contributed by atoms with Crippen molar-refractivity contribution in [2.45, 2.75) is 310 Å². The van der Waals surface area contributed by atoms with Gasteiger partial charge < -0.3 is 46.0 Å². The number of nitrogens with zero attached hydrogens (tertiary/aromatic N) is 9. The molecule has 0 saturated heterocycles. The summed E-state index contributed by atoms with van der Waals surface area (Å²) in [5.41, 5.74) is 17.7. The lowest BCUT2D eigenvalue weighted by Gasteiger charge is -2.23. The smallest absolute Gasteiger partial charge is 0.152 e. The van der Waals surface area contributed by atoms with Gasteiger partial charge in [-0.3, -0.25) is 0 Å². The van der Waals surface area contributed by atoms with Crippen LogP contribution in [0.1, 0.15) is 309 Å². The molecule has 0 bridgehead atoms. The Morgan fingerprint density at radius 3 is 1.13 bits per heavy atom. The van der Waals surface area contributed by atoms with Gasteiger partial charge in [-0.1, -0.05) is 263 Å². The molecule has 0 aliphatic rings. The lowest BCUT2D eigenvalue weighted by atomic mass is 10.0. The van der Waals surface area contributed by atoms with Gasteiger partial charge in [0.15, 0.2) is 11.6 Å². The first-order valence-electron chi connectivity index (χ1n) is 40.1. The summed E-state index contributed by atoms with van der Waals surface area (Å²) in [5, 5.41) is 5.58. The first-order chi connectivity index (χ1) is 47.6. The Kier molecular flexibility index (Phi) is 48.4. The fraction of sp³-hybridized carbons (Fsp3) is 0.744. The Balaban J connectivity index is 0.000000346. The van der Waals surface area contributed by atoms with Crippen LogP contribution in [0.15, 0.2) is 48.5 Å². The number of unbranched alkanes of at least 4 members (excludes halogenated alkanes) is 34. The van der Waals surface area contributed by atoms with Gasteiger partial charge in [0.25, 0.3) is 0 Å². The molecule has 0 amide bonds. The van der Waals surface area contributed by atoms with Gasteiger partial charge in [0, 0.05) is 30.0 Å². The van der Waals surface area contributed by atoms with E-state index < -0.39 is 0 Å². The van der Waals surface area contributed by atoms with Gasteiger partial charge in [0.2, 0.25) is 0 Å². The van der Waals surface area contributed by atoms with Crippen LogP contribution < -0.4 is 26.5 Å². The lowest BCUT2D eigenvalue weighted by molar-refractivity contribution is -0.107. The Morgan fingerprint density at radius 1 is 0.392 bits per heavy atom. The van der Waals surface area contributed by atoms with Gasteiger partial charge in [0.05, 0.1) is 11.0 Å². The molecule has 0 aliphatic carbocycles. The monoisotopic (exact) mass is 1350 g/mol. The third-order valence-corrected chi connectivity index (χ3v) is 18.9. The van der Waals surface area contributed by atoms with E-state index in [-0.39, 0.29) is 0 Å². The third-order valence-electron chi connectivity index (χ3n) is 18.9. The molecule has 97 heavy (non-hydrogen) atoms. The molecule has 0 atom stereocenters. The number of nitrogens with one attached hydrogen (secondary N) is 1. The number of rotatable bonds is 59. The Hall–Kier alpha value is -5.09. The maximum Gasteiger partial charge on any atom is 0.152 e. The van der Waals surface area contributed by atoms with Crippen LogP contribution in [0.5, 0.6) is 0 Å². The molecular formula is C82H144N12O3. The number of fused-ring (bicyclic) bond motifs is 6.